The molecule has 1 aromatic rings. The third-order valence-electron chi connectivity index (χ3n) is 5.17. The molecule has 0 bridgehead atoms. The minimum atomic E-state index is -3.12. The quantitative estimate of drug-likeness (QED) is 0.474. The summed E-state index contributed by atoms with van der Waals surface area (Å²) in [6, 6.07) is 10.2. The monoisotopic (exact) mass is 404 g/mol. The van der Waals surface area contributed by atoms with E-state index in [1.807, 2.05) is 27.5 Å². The number of hydrogen-bond donors (Lipinski definition) is 0. The number of nitrogens with zero attached hydrogens (tertiary/aromatic N) is 2. The van der Waals surface area contributed by atoms with Gasteiger partial charge >= 0.3 is 7.67 Å². The molecule has 4 nitrogen and oxygen atoms in total. The molecule has 1 aliphatic heterocycles. The SMILES string of the molecule is O=[P@@]1(N(CCCl)CCCl)O[C@H]2CCCC[C@@H]2CN1Cc1ccccc1. The molecule has 1 saturated heterocycles. The molecular weight excluding hydrogens is 378 g/mol. The van der Waals surface area contributed by atoms with Crippen molar-refractivity contribution in [2.24, 2.45) is 5.92 Å². The van der Waals surface area contributed by atoms with Crippen molar-refractivity contribution < 1.29 is 9.09 Å². The third-order valence-corrected chi connectivity index (χ3v) is 8.18. The van der Waals surface area contributed by atoms with Gasteiger partial charge in [-0.2, -0.15) is 0 Å². The van der Waals surface area contributed by atoms with Crippen LogP contribution in [0.25, 0.3) is 0 Å². The van der Waals surface area contributed by atoms with Crippen LogP contribution < -0.4 is 0 Å². The fraction of sp³-hybridized carbons (Fsp3) is 0.667. The fourth-order valence-corrected chi connectivity index (χ4v) is 7.25. The van der Waals surface area contributed by atoms with Gasteiger partial charge in [-0.15, -0.1) is 23.2 Å². The molecule has 1 heterocycles. The highest BCUT2D eigenvalue weighted by Gasteiger charge is 2.48. The molecule has 25 heavy (non-hydrogen) atoms. The smallest absolute Gasteiger partial charge is 0.302 e. The molecule has 2 fully saturated rings. The Hall–Kier alpha value is -0.0900. The Kier molecular flexibility index (Phi) is 7.25. The average Bonchev–Trinajstić information content (AvgIpc) is 2.63. The minimum absolute atomic E-state index is 0.0970. The first-order valence-corrected chi connectivity index (χ1v) is 11.7. The lowest BCUT2D eigenvalue weighted by molar-refractivity contribution is 0.0221. The van der Waals surface area contributed by atoms with E-state index in [1.54, 1.807) is 0 Å². The summed E-state index contributed by atoms with van der Waals surface area (Å²) >= 11 is 12.0. The van der Waals surface area contributed by atoms with Crippen LogP contribution in [0.4, 0.5) is 0 Å². The van der Waals surface area contributed by atoms with E-state index < -0.39 is 7.67 Å². The predicted molar refractivity (Wildman–Crippen MR) is 104 cm³/mol. The summed E-state index contributed by atoms with van der Waals surface area (Å²) in [5.74, 6) is 1.29. The standard InChI is InChI=1S/C18H27Cl2N2O2P/c19-10-12-21(13-11-20)25(23)22(14-16-6-2-1-3-7-16)15-17-8-4-5-9-18(17)24-25/h1-3,6-7,17-18H,4-5,8-15H2/t17-,18+,25+/m1/s1. The highest BCUT2D eigenvalue weighted by atomic mass is 35.5. The van der Waals surface area contributed by atoms with Gasteiger partial charge in [0.15, 0.2) is 0 Å². The molecule has 2 aliphatic rings. The van der Waals surface area contributed by atoms with E-state index in [-0.39, 0.29) is 6.10 Å². The molecule has 0 N–H and O–H groups in total. The largest absolute Gasteiger partial charge is 0.346 e. The number of rotatable bonds is 7. The molecule has 0 amide bonds. The van der Waals surface area contributed by atoms with Crippen LogP contribution >= 0.6 is 30.9 Å². The molecule has 1 aromatic carbocycles. The summed E-state index contributed by atoms with van der Waals surface area (Å²) in [7, 11) is -3.12. The van der Waals surface area contributed by atoms with Gasteiger partial charge in [-0.3, -0.25) is 4.57 Å². The molecule has 0 aromatic heterocycles. The molecule has 3 atom stereocenters. The van der Waals surface area contributed by atoms with Gasteiger partial charge in [0.05, 0.1) is 6.10 Å². The Bertz CT molecular complexity index is 584. The van der Waals surface area contributed by atoms with Crippen LogP contribution in [0, 0.1) is 5.92 Å². The van der Waals surface area contributed by atoms with E-state index in [0.717, 1.165) is 31.4 Å². The number of fused-ring (bicyclic) bond motifs is 1. The van der Waals surface area contributed by atoms with E-state index in [0.29, 0.717) is 37.3 Å². The maximum Gasteiger partial charge on any atom is 0.346 e. The zero-order valence-electron chi connectivity index (χ0n) is 14.5. The fourth-order valence-electron chi connectivity index (χ4n) is 3.89. The lowest BCUT2D eigenvalue weighted by Gasteiger charge is -2.48. The van der Waals surface area contributed by atoms with Crippen LogP contribution in [0.2, 0.25) is 0 Å². The average molecular weight is 405 g/mol. The maximum atomic E-state index is 14.0. The molecule has 1 saturated carbocycles. The van der Waals surface area contributed by atoms with Crippen molar-refractivity contribution in [3.05, 3.63) is 35.9 Å². The Labute approximate surface area is 161 Å². The van der Waals surface area contributed by atoms with Gasteiger partial charge in [-0.05, 0) is 24.3 Å². The van der Waals surface area contributed by atoms with Crippen molar-refractivity contribution in [1.82, 2.24) is 9.34 Å². The molecule has 0 unspecified atom stereocenters. The lowest BCUT2D eigenvalue weighted by atomic mass is 9.86. The van der Waals surface area contributed by atoms with Crippen LogP contribution in [0.3, 0.4) is 0 Å². The van der Waals surface area contributed by atoms with Gasteiger partial charge in [0.2, 0.25) is 0 Å². The molecule has 0 radical (unpaired) electrons. The zero-order valence-corrected chi connectivity index (χ0v) is 16.9. The van der Waals surface area contributed by atoms with Crippen molar-refractivity contribution in [3.63, 3.8) is 0 Å². The summed E-state index contributed by atoms with van der Waals surface area (Å²) in [5, 5.41) is 0. The summed E-state index contributed by atoms with van der Waals surface area (Å²) in [6.07, 6.45) is 4.65. The Morgan fingerprint density at radius 1 is 1.12 bits per heavy atom. The maximum absolute atomic E-state index is 14.0. The van der Waals surface area contributed by atoms with Crippen molar-refractivity contribution >= 4 is 30.9 Å². The number of hydrogen-bond acceptors (Lipinski definition) is 2. The highest BCUT2D eigenvalue weighted by Crippen LogP contribution is 2.60. The van der Waals surface area contributed by atoms with Gasteiger partial charge in [-0.1, -0.05) is 43.2 Å². The zero-order chi connectivity index (χ0) is 17.7. The van der Waals surface area contributed by atoms with E-state index in [1.165, 1.54) is 6.42 Å². The van der Waals surface area contributed by atoms with Gasteiger partial charge in [0.25, 0.3) is 0 Å². The molecular formula is C18H27Cl2N2O2P. The number of benzene rings is 1. The topological polar surface area (TPSA) is 32.8 Å². The predicted octanol–water partition coefficient (Wildman–Crippen LogP) is 4.97. The van der Waals surface area contributed by atoms with E-state index in [9.17, 15) is 4.57 Å². The van der Waals surface area contributed by atoms with E-state index in [2.05, 4.69) is 12.1 Å². The summed E-state index contributed by atoms with van der Waals surface area (Å²) in [5.41, 5.74) is 1.15. The van der Waals surface area contributed by atoms with Crippen molar-refractivity contribution in [2.75, 3.05) is 31.4 Å². The number of alkyl halides is 2. The van der Waals surface area contributed by atoms with Crippen molar-refractivity contribution in [2.45, 2.75) is 38.3 Å². The first-order valence-electron chi connectivity index (χ1n) is 9.12. The van der Waals surface area contributed by atoms with Crippen LogP contribution in [0.5, 0.6) is 0 Å². The van der Waals surface area contributed by atoms with Gasteiger partial charge in [0.1, 0.15) is 0 Å². The number of halogens is 2. The molecule has 3 rings (SSSR count). The summed E-state index contributed by atoms with van der Waals surface area (Å²) in [6.45, 7) is 2.49. The molecule has 140 valence electrons. The summed E-state index contributed by atoms with van der Waals surface area (Å²) < 4.78 is 24.3. The van der Waals surface area contributed by atoms with Gasteiger partial charge in [-0.25, -0.2) is 9.34 Å². The lowest BCUT2D eigenvalue weighted by Crippen LogP contribution is -2.47. The minimum Gasteiger partial charge on any atom is -0.302 e. The Morgan fingerprint density at radius 3 is 2.48 bits per heavy atom. The van der Waals surface area contributed by atoms with Crippen LogP contribution in [-0.2, 0) is 15.6 Å². The third kappa shape index (κ3) is 4.61. The second-order valence-corrected chi connectivity index (χ2v) is 9.92. The second kappa shape index (κ2) is 9.21. The Morgan fingerprint density at radius 2 is 1.80 bits per heavy atom. The second-order valence-electron chi connectivity index (χ2n) is 6.84. The normalized spacial score (nSPS) is 30.4. The highest BCUT2D eigenvalue weighted by molar-refractivity contribution is 7.54. The first-order chi connectivity index (χ1) is 12.2. The Balaban J connectivity index is 1.87. The van der Waals surface area contributed by atoms with Crippen molar-refractivity contribution in [1.29, 1.82) is 0 Å². The van der Waals surface area contributed by atoms with Crippen LogP contribution in [0.1, 0.15) is 31.2 Å². The molecule has 7 heteroatoms. The summed E-state index contributed by atoms with van der Waals surface area (Å²) in [4.78, 5) is 0. The van der Waals surface area contributed by atoms with Gasteiger partial charge in [0, 0.05) is 37.9 Å². The van der Waals surface area contributed by atoms with Crippen LogP contribution in [-0.4, -0.2) is 46.8 Å². The molecule has 1 aliphatic carbocycles. The van der Waals surface area contributed by atoms with Crippen molar-refractivity contribution in [3.8, 4) is 0 Å². The van der Waals surface area contributed by atoms with Gasteiger partial charge < -0.3 is 4.52 Å². The van der Waals surface area contributed by atoms with E-state index in [4.69, 9.17) is 27.7 Å². The van der Waals surface area contributed by atoms with Crippen LogP contribution in [0.15, 0.2) is 30.3 Å². The molecule has 0 spiro atoms. The first kappa shape index (κ1) is 19.7. The van der Waals surface area contributed by atoms with E-state index >= 15 is 0 Å².